The zero-order chi connectivity index (χ0) is 16.4. The van der Waals surface area contributed by atoms with Gasteiger partial charge in [0.05, 0.1) is 5.92 Å². The summed E-state index contributed by atoms with van der Waals surface area (Å²) in [6.07, 6.45) is 6.22. The third-order valence-electron chi connectivity index (χ3n) is 5.03. The molecule has 1 N–H and O–H groups in total. The maximum absolute atomic E-state index is 12.5. The van der Waals surface area contributed by atoms with Crippen molar-refractivity contribution in [3.8, 4) is 0 Å². The van der Waals surface area contributed by atoms with E-state index in [2.05, 4.69) is 11.4 Å². The highest BCUT2D eigenvalue weighted by molar-refractivity contribution is 5.97. The number of hydrogen-bond donors (Lipinski definition) is 1. The summed E-state index contributed by atoms with van der Waals surface area (Å²) in [4.78, 5) is 26.8. The van der Waals surface area contributed by atoms with Crippen LogP contribution in [0.1, 0.15) is 49.7 Å². The molecule has 1 saturated carbocycles. The number of carbonyl (C=O) groups is 2. The number of aryl methyl sites for hydroxylation is 2. The van der Waals surface area contributed by atoms with Gasteiger partial charge in [-0.1, -0.05) is 25.3 Å². The second-order valence-corrected chi connectivity index (χ2v) is 7.10. The first-order valence-corrected chi connectivity index (χ1v) is 8.71. The van der Waals surface area contributed by atoms with E-state index in [1.165, 1.54) is 19.3 Å². The average molecular weight is 314 g/mol. The molecule has 1 atom stereocenters. The molecule has 0 radical (unpaired) electrons. The Bertz CT molecular complexity index is 585. The fourth-order valence-corrected chi connectivity index (χ4v) is 3.94. The monoisotopic (exact) mass is 314 g/mol. The third-order valence-corrected chi connectivity index (χ3v) is 5.03. The summed E-state index contributed by atoms with van der Waals surface area (Å²) in [5.74, 6) is -0.0932. The summed E-state index contributed by atoms with van der Waals surface area (Å²) in [6, 6.07) is 6.39. The molecule has 3 rings (SSSR count). The van der Waals surface area contributed by atoms with Crippen LogP contribution in [0.4, 0.5) is 5.69 Å². The topological polar surface area (TPSA) is 49.4 Å². The molecule has 2 amide bonds. The van der Waals surface area contributed by atoms with E-state index in [0.717, 1.165) is 29.7 Å². The molecule has 0 unspecified atom stereocenters. The van der Waals surface area contributed by atoms with Crippen LogP contribution in [-0.4, -0.2) is 29.3 Å². The molecule has 0 aromatic heterocycles. The SMILES string of the molecule is Cc1cc(C)cc(NC(=O)[C@@H]2CC(=O)N(C3CCCCC3)C2)c1. The Kier molecular flexibility index (Phi) is 4.69. The van der Waals surface area contributed by atoms with Gasteiger partial charge in [-0.2, -0.15) is 0 Å². The highest BCUT2D eigenvalue weighted by Gasteiger charge is 2.38. The zero-order valence-electron chi connectivity index (χ0n) is 14.1. The fraction of sp³-hybridized carbons (Fsp3) is 0.579. The van der Waals surface area contributed by atoms with E-state index in [1.807, 2.05) is 30.9 Å². The lowest BCUT2D eigenvalue weighted by atomic mass is 9.94. The molecule has 2 fully saturated rings. The highest BCUT2D eigenvalue weighted by Crippen LogP contribution is 2.29. The Morgan fingerprint density at radius 3 is 2.39 bits per heavy atom. The number of amides is 2. The van der Waals surface area contributed by atoms with E-state index in [9.17, 15) is 9.59 Å². The Labute approximate surface area is 138 Å². The van der Waals surface area contributed by atoms with Crippen molar-refractivity contribution in [2.45, 2.75) is 58.4 Å². The highest BCUT2D eigenvalue weighted by atomic mass is 16.2. The van der Waals surface area contributed by atoms with Gasteiger partial charge in [0.1, 0.15) is 0 Å². The average Bonchev–Trinajstić information content (AvgIpc) is 2.89. The number of anilines is 1. The number of likely N-dealkylation sites (tertiary alicyclic amines) is 1. The second kappa shape index (κ2) is 6.73. The van der Waals surface area contributed by atoms with E-state index in [4.69, 9.17) is 0 Å². The van der Waals surface area contributed by atoms with Gasteiger partial charge in [-0.25, -0.2) is 0 Å². The van der Waals surface area contributed by atoms with Gasteiger partial charge in [0.15, 0.2) is 0 Å². The van der Waals surface area contributed by atoms with Crippen LogP contribution in [0.5, 0.6) is 0 Å². The molecule has 1 aromatic carbocycles. The van der Waals surface area contributed by atoms with E-state index in [1.54, 1.807) is 0 Å². The van der Waals surface area contributed by atoms with Crippen molar-refractivity contribution in [3.05, 3.63) is 29.3 Å². The maximum atomic E-state index is 12.5. The lowest BCUT2D eigenvalue weighted by Gasteiger charge is -2.31. The van der Waals surface area contributed by atoms with E-state index in [0.29, 0.717) is 19.0 Å². The van der Waals surface area contributed by atoms with Gasteiger partial charge in [-0.15, -0.1) is 0 Å². The normalized spacial score (nSPS) is 22.4. The molecule has 1 aliphatic heterocycles. The minimum Gasteiger partial charge on any atom is -0.339 e. The van der Waals surface area contributed by atoms with Crippen LogP contribution < -0.4 is 5.32 Å². The molecule has 2 aliphatic rings. The molecule has 4 heteroatoms. The van der Waals surface area contributed by atoms with Gasteiger partial charge in [0.25, 0.3) is 0 Å². The van der Waals surface area contributed by atoms with Crippen molar-refractivity contribution < 1.29 is 9.59 Å². The molecule has 4 nitrogen and oxygen atoms in total. The predicted molar refractivity (Wildman–Crippen MR) is 91.2 cm³/mol. The number of nitrogens with one attached hydrogen (secondary N) is 1. The first-order valence-electron chi connectivity index (χ1n) is 8.71. The smallest absolute Gasteiger partial charge is 0.229 e. The lowest BCUT2D eigenvalue weighted by Crippen LogP contribution is -2.38. The Hall–Kier alpha value is -1.84. The van der Waals surface area contributed by atoms with Crippen LogP contribution in [0.25, 0.3) is 0 Å². The summed E-state index contributed by atoms with van der Waals surface area (Å²) < 4.78 is 0. The van der Waals surface area contributed by atoms with Gasteiger partial charge in [-0.05, 0) is 49.9 Å². The van der Waals surface area contributed by atoms with Gasteiger partial charge >= 0.3 is 0 Å². The zero-order valence-corrected chi connectivity index (χ0v) is 14.1. The lowest BCUT2D eigenvalue weighted by molar-refractivity contribution is -0.130. The summed E-state index contributed by atoms with van der Waals surface area (Å²) in [5.41, 5.74) is 3.09. The van der Waals surface area contributed by atoms with Crippen molar-refractivity contribution in [3.63, 3.8) is 0 Å². The first kappa shape index (κ1) is 16.0. The standard InChI is InChI=1S/C19H26N2O2/c1-13-8-14(2)10-16(9-13)20-19(23)15-11-18(22)21(12-15)17-6-4-3-5-7-17/h8-10,15,17H,3-7,11-12H2,1-2H3,(H,20,23)/t15-/m1/s1. The largest absolute Gasteiger partial charge is 0.339 e. The van der Waals surface area contributed by atoms with Gasteiger partial charge in [-0.3, -0.25) is 9.59 Å². The van der Waals surface area contributed by atoms with Crippen LogP contribution in [0.3, 0.4) is 0 Å². The summed E-state index contributed by atoms with van der Waals surface area (Å²) >= 11 is 0. The van der Waals surface area contributed by atoms with Gasteiger partial charge in [0, 0.05) is 24.7 Å². The predicted octanol–water partition coefficient (Wildman–Crippen LogP) is 3.42. The van der Waals surface area contributed by atoms with E-state index < -0.39 is 0 Å². The molecule has 1 aliphatic carbocycles. The maximum Gasteiger partial charge on any atom is 0.229 e. The minimum absolute atomic E-state index is 0.0262. The Balaban J connectivity index is 1.63. The Morgan fingerprint density at radius 2 is 1.74 bits per heavy atom. The molecule has 124 valence electrons. The molecular weight excluding hydrogens is 288 g/mol. The van der Waals surface area contributed by atoms with Crippen molar-refractivity contribution in [2.75, 3.05) is 11.9 Å². The van der Waals surface area contributed by atoms with Crippen LogP contribution >= 0.6 is 0 Å². The molecule has 1 heterocycles. The molecular formula is C19H26N2O2. The first-order chi connectivity index (χ1) is 11.0. The third kappa shape index (κ3) is 3.74. The van der Waals surface area contributed by atoms with E-state index >= 15 is 0 Å². The summed E-state index contributed by atoms with van der Waals surface area (Å²) in [7, 11) is 0. The van der Waals surface area contributed by atoms with Crippen LogP contribution in [0, 0.1) is 19.8 Å². The minimum atomic E-state index is -0.217. The number of carbonyl (C=O) groups excluding carboxylic acids is 2. The second-order valence-electron chi connectivity index (χ2n) is 7.10. The molecule has 23 heavy (non-hydrogen) atoms. The van der Waals surface area contributed by atoms with Crippen LogP contribution in [0.2, 0.25) is 0 Å². The molecule has 1 aromatic rings. The van der Waals surface area contributed by atoms with Crippen molar-refractivity contribution in [1.82, 2.24) is 4.90 Å². The van der Waals surface area contributed by atoms with Crippen LogP contribution in [0.15, 0.2) is 18.2 Å². The Morgan fingerprint density at radius 1 is 1.09 bits per heavy atom. The van der Waals surface area contributed by atoms with Crippen molar-refractivity contribution in [1.29, 1.82) is 0 Å². The molecule has 0 bridgehead atoms. The fourth-order valence-electron chi connectivity index (χ4n) is 3.94. The number of rotatable bonds is 3. The van der Waals surface area contributed by atoms with E-state index in [-0.39, 0.29) is 17.7 Å². The van der Waals surface area contributed by atoms with Crippen molar-refractivity contribution in [2.24, 2.45) is 5.92 Å². The van der Waals surface area contributed by atoms with Gasteiger partial charge in [0.2, 0.25) is 11.8 Å². The number of nitrogens with zero attached hydrogens (tertiary/aromatic N) is 1. The molecule has 1 saturated heterocycles. The number of benzene rings is 1. The summed E-state index contributed by atoms with van der Waals surface area (Å²) in [5, 5.41) is 2.99. The molecule has 0 spiro atoms. The number of hydrogen-bond acceptors (Lipinski definition) is 2. The van der Waals surface area contributed by atoms with Crippen molar-refractivity contribution >= 4 is 17.5 Å². The van der Waals surface area contributed by atoms with Crippen LogP contribution in [-0.2, 0) is 9.59 Å². The van der Waals surface area contributed by atoms with Gasteiger partial charge < -0.3 is 10.2 Å². The quantitative estimate of drug-likeness (QED) is 0.929. The summed E-state index contributed by atoms with van der Waals surface area (Å²) in [6.45, 7) is 4.62.